The summed E-state index contributed by atoms with van der Waals surface area (Å²) < 4.78 is 31.9. The quantitative estimate of drug-likeness (QED) is 0.0389. The van der Waals surface area contributed by atoms with Crippen molar-refractivity contribution in [1.82, 2.24) is 0 Å². The summed E-state index contributed by atoms with van der Waals surface area (Å²) in [4.78, 5) is 61.3. The molecule has 1 aromatic rings. The van der Waals surface area contributed by atoms with E-state index in [-0.39, 0.29) is 60.9 Å². The van der Waals surface area contributed by atoms with Crippen LogP contribution >= 0.6 is 0 Å². The molecular weight excluding hydrogens is 622 g/mol. The average Bonchev–Trinajstić information content (AvgIpc) is 3.11. The maximum atomic E-state index is 12.9. The van der Waals surface area contributed by atoms with E-state index in [1.807, 2.05) is 0 Å². The van der Waals surface area contributed by atoms with Gasteiger partial charge in [0.1, 0.15) is 11.9 Å². The minimum Gasteiger partial charge on any atom is -0.478 e. The van der Waals surface area contributed by atoms with E-state index in [1.54, 1.807) is 0 Å². The van der Waals surface area contributed by atoms with Crippen LogP contribution in [0.5, 0.6) is 5.75 Å². The van der Waals surface area contributed by atoms with E-state index < -0.39 is 11.9 Å². The van der Waals surface area contributed by atoms with Crippen LogP contribution in [0.25, 0.3) is 0 Å². The predicted molar refractivity (Wildman–Crippen MR) is 174 cm³/mol. The minimum absolute atomic E-state index is 0.0248. The van der Waals surface area contributed by atoms with Crippen molar-refractivity contribution in [2.75, 3.05) is 26.4 Å². The highest BCUT2D eigenvalue weighted by atomic mass is 16.6. The fourth-order valence-corrected chi connectivity index (χ4v) is 5.52. The second kappa shape index (κ2) is 20.7. The smallest absolute Gasteiger partial charge is 0.338 e. The molecule has 0 unspecified atom stereocenters. The van der Waals surface area contributed by atoms with Gasteiger partial charge in [0.2, 0.25) is 5.90 Å². The first kappa shape index (κ1) is 38.0. The van der Waals surface area contributed by atoms with Gasteiger partial charge < -0.3 is 28.4 Å². The van der Waals surface area contributed by atoms with Crippen LogP contribution in [-0.2, 0) is 42.9 Å². The summed E-state index contributed by atoms with van der Waals surface area (Å²) in [6.45, 7) is 7.86. The summed E-state index contributed by atoms with van der Waals surface area (Å²) >= 11 is 0. The van der Waals surface area contributed by atoms with Crippen molar-refractivity contribution in [3.05, 3.63) is 55.1 Å². The Morgan fingerprint density at radius 1 is 0.625 bits per heavy atom. The SMILES string of the molecule is C=CC(=N)OCCCCOC(=O)C1CCC(OC(=O)C2CCC(C(=O)Oc3ccc(C(=O)OCCCCOC(=O)C=C)cc3)CC2)CC1. The van der Waals surface area contributed by atoms with Crippen molar-refractivity contribution in [3.8, 4) is 5.75 Å². The van der Waals surface area contributed by atoms with Gasteiger partial charge in [0.25, 0.3) is 0 Å². The second-order valence-corrected chi connectivity index (χ2v) is 11.9. The first-order valence-electron chi connectivity index (χ1n) is 16.7. The summed E-state index contributed by atoms with van der Waals surface area (Å²) in [6.07, 6.45) is 9.10. The fourth-order valence-electron chi connectivity index (χ4n) is 5.52. The van der Waals surface area contributed by atoms with Crippen molar-refractivity contribution in [3.63, 3.8) is 0 Å². The molecule has 12 heteroatoms. The van der Waals surface area contributed by atoms with Gasteiger partial charge >= 0.3 is 29.8 Å². The Morgan fingerprint density at radius 2 is 1.12 bits per heavy atom. The Kier molecular flexibility index (Phi) is 16.4. The normalized spacial score (nSPS) is 20.3. The molecule has 2 aliphatic carbocycles. The molecular formula is C36H47NO11. The molecule has 2 saturated carbocycles. The van der Waals surface area contributed by atoms with Gasteiger partial charge in [-0.05, 0) is 107 Å². The van der Waals surface area contributed by atoms with Crippen LogP contribution in [0, 0.1) is 23.2 Å². The summed E-state index contributed by atoms with van der Waals surface area (Å²) in [5, 5.41) is 7.35. The lowest BCUT2D eigenvalue weighted by Gasteiger charge is -2.30. The van der Waals surface area contributed by atoms with Gasteiger partial charge in [0, 0.05) is 6.08 Å². The lowest BCUT2D eigenvalue weighted by Crippen LogP contribution is -2.33. The molecule has 48 heavy (non-hydrogen) atoms. The number of carbonyl (C=O) groups is 5. The average molecular weight is 670 g/mol. The van der Waals surface area contributed by atoms with E-state index in [4.69, 9.17) is 33.8 Å². The lowest BCUT2D eigenvalue weighted by atomic mass is 9.82. The van der Waals surface area contributed by atoms with Crippen molar-refractivity contribution < 1.29 is 52.4 Å². The summed E-state index contributed by atoms with van der Waals surface area (Å²) in [7, 11) is 0. The number of ether oxygens (including phenoxy) is 6. The molecule has 0 bridgehead atoms. The zero-order chi connectivity index (χ0) is 34.7. The van der Waals surface area contributed by atoms with Crippen LogP contribution in [0.2, 0.25) is 0 Å². The van der Waals surface area contributed by atoms with E-state index in [2.05, 4.69) is 13.2 Å². The number of benzene rings is 1. The third-order valence-corrected chi connectivity index (χ3v) is 8.40. The predicted octanol–water partition coefficient (Wildman–Crippen LogP) is 5.67. The van der Waals surface area contributed by atoms with Gasteiger partial charge in [-0.15, -0.1) is 0 Å². The van der Waals surface area contributed by atoms with Gasteiger partial charge in [0.15, 0.2) is 0 Å². The maximum absolute atomic E-state index is 12.9. The highest BCUT2D eigenvalue weighted by Gasteiger charge is 2.34. The fraction of sp³-hybridized carbons (Fsp3) is 0.556. The molecule has 0 heterocycles. The van der Waals surface area contributed by atoms with Crippen LogP contribution in [0.3, 0.4) is 0 Å². The molecule has 3 rings (SSSR count). The summed E-state index contributed by atoms with van der Waals surface area (Å²) in [5.74, 6) is -2.31. The third-order valence-electron chi connectivity index (χ3n) is 8.40. The van der Waals surface area contributed by atoms with Gasteiger partial charge in [-0.25, -0.2) is 9.59 Å². The molecule has 12 nitrogen and oxygen atoms in total. The minimum atomic E-state index is -0.506. The molecule has 262 valence electrons. The van der Waals surface area contributed by atoms with Gasteiger partial charge in [-0.2, -0.15) is 0 Å². The number of hydrogen-bond acceptors (Lipinski definition) is 12. The Labute approximate surface area is 281 Å². The molecule has 0 spiro atoms. The van der Waals surface area contributed by atoms with Gasteiger partial charge in [0.05, 0.1) is 49.7 Å². The van der Waals surface area contributed by atoms with Crippen molar-refractivity contribution in [2.24, 2.45) is 17.8 Å². The molecule has 0 amide bonds. The Hall–Kier alpha value is -4.48. The van der Waals surface area contributed by atoms with Crippen molar-refractivity contribution in [1.29, 1.82) is 5.41 Å². The first-order valence-corrected chi connectivity index (χ1v) is 16.7. The van der Waals surface area contributed by atoms with E-state index in [0.717, 1.165) is 6.08 Å². The van der Waals surface area contributed by atoms with Crippen LogP contribution in [0.4, 0.5) is 0 Å². The standard InChI is InChI=1S/C36H47NO11/c1-3-31(37)43-21-5-7-23-45-33(39)25-13-17-29(18-14-25)47-35(41)27-9-11-28(12-10-27)36(42)48-30-19-15-26(16-20-30)34(40)46-24-8-6-22-44-32(38)4-2/h3-4,15-16,19-20,25,27-29,37H,1-2,5-14,17-18,21-24H2. The highest BCUT2D eigenvalue weighted by molar-refractivity contribution is 5.89. The molecule has 0 saturated heterocycles. The zero-order valence-electron chi connectivity index (χ0n) is 27.5. The van der Waals surface area contributed by atoms with Crippen LogP contribution < -0.4 is 4.74 Å². The zero-order valence-corrected chi connectivity index (χ0v) is 27.5. The molecule has 0 aromatic heterocycles. The van der Waals surface area contributed by atoms with Crippen LogP contribution in [0.15, 0.2) is 49.6 Å². The summed E-state index contributed by atoms with van der Waals surface area (Å²) in [6, 6.07) is 6.13. The number of unbranched alkanes of at least 4 members (excludes halogenated alkanes) is 2. The lowest BCUT2D eigenvalue weighted by molar-refractivity contribution is -0.160. The number of esters is 5. The summed E-state index contributed by atoms with van der Waals surface area (Å²) in [5.41, 5.74) is 0.321. The number of carbonyl (C=O) groups excluding carboxylic acids is 5. The molecule has 0 atom stereocenters. The number of rotatable bonds is 18. The van der Waals surface area contributed by atoms with E-state index in [0.29, 0.717) is 102 Å². The van der Waals surface area contributed by atoms with Crippen LogP contribution in [0.1, 0.15) is 87.4 Å². The molecule has 0 radical (unpaired) electrons. The molecule has 2 fully saturated rings. The number of hydrogen-bond donors (Lipinski definition) is 1. The molecule has 1 aromatic carbocycles. The van der Waals surface area contributed by atoms with E-state index in [1.165, 1.54) is 30.3 Å². The Balaban J connectivity index is 1.27. The molecule has 2 aliphatic rings. The monoisotopic (exact) mass is 669 g/mol. The highest BCUT2D eigenvalue weighted by Crippen LogP contribution is 2.33. The first-order chi connectivity index (χ1) is 23.2. The van der Waals surface area contributed by atoms with Crippen molar-refractivity contribution in [2.45, 2.75) is 83.2 Å². The largest absolute Gasteiger partial charge is 0.478 e. The number of nitrogens with one attached hydrogen (secondary N) is 1. The van der Waals surface area contributed by atoms with E-state index in [9.17, 15) is 24.0 Å². The maximum Gasteiger partial charge on any atom is 0.338 e. The van der Waals surface area contributed by atoms with Gasteiger partial charge in [-0.3, -0.25) is 19.8 Å². The Bertz CT molecular complexity index is 1260. The molecule has 1 N–H and O–H groups in total. The van der Waals surface area contributed by atoms with E-state index >= 15 is 0 Å². The Morgan fingerprint density at radius 3 is 1.71 bits per heavy atom. The molecule has 0 aliphatic heterocycles. The second-order valence-electron chi connectivity index (χ2n) is 11.9. The van der Waals surface area contributed by atoms with Crippen LogP contribution in [-0.4, -0.2) is 68.3 Å². The third kappa shape index (κ3) is 13.3. The topological polar surface area (TPSA) is 165 Å². The van der Waals surface area contributed by atoms with Crippen molar-refractivity contribution >= 4 is 35.7 Å². The van der Waals surface area contributed by atoms with Gasteiger partial charge in [-0.1, -0.05) is 13.2 Å².